The molecule has 0 aliphatic rings. The van der Waals surface area contributed by atoms with E-state index >= 15 is 0 Å². The summed E-state index contributed by atoms with van der Waals surface area (Å²) >= 11 is 0. The zero-order valence-electron chi connectivity index (χ0n) is 9.94. The Balaban J connectivity index is 2.95. The highest BCUT2D eigenvalue weighted by Crippen LogP contribution is 2.09. The maximum absolute atomic E-state index is 11.6. The van der Waals surface area contributed by atoms with Crippen molar-refractivity contribution in [1.82, 2.24) is 4.90 Å². The Morgan fingerprint density at radius 3 is 2.53 bits per heavy atom. The van der Waals surface area contributed by atoms with E-state index in [1.807, 2.05) is 6.92 Å². The number of nitrogen functional groups attached to an aromatic ring is 1. The van der Waals surface area contributed by atoms with E-state index in [9.17, 15) is 4.79 Å². The molecular weight excluding hydrogens is 214 g/mol. The average molecular weight is 231 g/mol. The van der Waals surface area contributed by atoms with Crippen molar-refractivity contribution in [3.63, 3.8) is 0 Å². The first kappa shape index (κ1) is 13.0. The highest BCUT2D eigenvalue weighted by Gasteiger charge is 2.15. The molecule has 1 amide bonds. The Kier molecular flexibility index (Phi) is 4.46. The number of nitrogens with two attached hydrogens (primary N) is 1. The van der Waals surface area contributed by atoms with Gasteiger partial charge in [0.05, 0.1) is 0 Å². The summed E-state index contributed by atoms with van der Waals surface area (Å²) in [5.41, 5.74) is 6.89. The van der Waals surface area contributed by atoms with E-state index in [2.05, 4.69) is 6.58 Å². The second-order valence-corrected chi connectivity index (χ2v) is 3.66. The number of carbonyl (C=O) groups excluding carboxylic acids is 1. The lowest BCUT2D eigenvalue weighted by atomic mass is 10.1. The minimum Gasteiger partial charge on any atom is -0.399 e. The van der Waals surface area contributed by atoms with Crippen LogP contribution in [0.5, 0.6) is 0 Å². The fourth-order valence-corrected chi connectivity index (χ4v) is 1.46. The monoisotopic (exact) mass is 231 g/mol. The fraction of sp³-hybridized carbons (Fsp3) is 0.231. The Bertz CT molecular complexity index is 423. The van der Waals surface area contributed by atoms with E-state index in [4.69, 9.17) is 11.1 Å². The lowest BCUT2D eigenvalue weighted by molar-refractivity contribution is -0.122. The maximum Gasteiger partial charge on any atom is 0.251 e. The second-order valence-electron chi connectivity index (χ2n) is 3.66. The standard InChI is InChI=1S/C13H17N3O/c1-3-9-16(12(17)4-2)13(15)10-5-7-11(14)8-6-10/h4-8,15H,2-3,9,14H2,1H3. The number of hydrogen-bond acceptors (Lipinski definition) is 3. The van der Waals surface area contributed by atoms with Crippen LogP contribution in [0.1, 0.15) is 18.9 Å². The molecule has 90 valence electrons. The van der Waals surface area contributed by atoms with Gasteiger partial charge in [-0.25, -0.2) is 0 Å². The van der Waals surface area contributed by atoms with Crippen LogP contribution in [0.25, 0.3) is 0 Å². The fourth-order valence-electron chi connectivity index (χ4n) is 1.46. The molecule has 0 aliphatic carbocycles. The summed E-state index contributed by atoms with van der Waals surface area (Å²) in [5.74, 6) is -0.0783. The van der Waals surface area contributed by atoms with Crippen molar-refractivity contribution in [1.29, 1.82) is 5.41 Å². The number of anilines is 1. The van der Waals surface area contributed by atoms with Crippen molar-refractivity contribution >= 4 is 17.4 Å². The van der Waals surface area contributed by atoms with Crippen molar-refractivity contribution in [2.45, 2.75) is 13.3 Å². The van der Waals surface area contributed by atoms with Gasteiger partial charge in [0.15, 0.2) is 0 Å². The summed E-state index contributed by atoms with van der Waals surface area (Å²) in [7, 11) is 0. The summed E-state index contributed by atoms with van der Waals surface area (Å²) in [4.78, 5) is 13.0. The van der Waals surface area contributed by atoms with Crippen molar-refractivity contribution < 1.29 is 4.79 Å². The first-order valence-electron chi connectivity index (χ1n) is 5.48. The van der Waals surface area contributed by atoms with Crippen molar-refractivity contribution in [3.8, 4) is 0 Å². The van der Waals surface area contributed by atoms with Crippen LogP contribution in [0, 0.1) is 5.41 Å². The zero-order valence-corrected chi connectivity index (χ0v) is 9.94. The van der Waals surface area contributed by atoms with Gasteiger partial charge in [0, 0.05) is 17.8 Å². The molecule has 0 aliphatic heterocycles. The number of nitrogens with zero attached hydrogens (tertiary/aromatic N) is 1. The molecule has 0 unspecified atom stereocenters. The molecule has 0 radical (unpaired) electrons. The van der Waals surface area contributed by atoms with E-state index < -0.39 is 0 Å². The SMILES string of the molecule is C=CC(=O)N(CCC)C(=N)c1ccc(N)cc1. The maximum atomic E-state index is 11.6. The van der Waals surface area contributed by atoms with Crippen molar-refractivity contribution in [2.24, 2.45) is 0 Å². The number of carbonyl (C=O) groups is 1. The highest BCUT2D eigenvalue weighted by atomic mass is 16.2. The molecule has 4 heteroatoms. The van der Waals surface area contributed by atoms with E-state index in [1.54, 1.807) is 24.3 Å². The molecule has 0 heterocycles. The van der Waals surface area contributed by atoms with Gasteiger partial charge in [-0.1, -0.05) is 13.5 Å². The van der Waals surface area contributed by atoms with Crippen molar-refractivity contribution in [2.75, 3.05) is 12.3 Å². The van der Waals surface area contributed by atoms with Gasteiger partial charge >= 0.3 is 0 Å². The average Bonchev–Trinajstić information content (AvgIpc) is 2.35. The smallest absolute Gasteiger partial charge is 0.251 e. The van der Waals surface area contributed by atoms with Gasteiger partial charge < -0.3 is 5.73 Å². The van der Waals surface area contributed by atoms with Crippen LogP contribution >= 0.6 is 0 Å². The van der Waals surface area contributed by atoms with Crippen LogP contribution in [-0.2, 0) is 4.79 Å². The third-order valence-electron chi connectivity index (χ3n) is 2.34. The Hall–Kier alpha value is -2.10. The number of hydrogen-bond donors (Lipinski definition) is 2. The van der Waals surface area contributed by atoms with Gasteiger partial charge in [0.25, 0.3) is 5.91 Å². The predicted molar refractivity (Wildman–Crippen MR) is 69.9 cm³/mol. The molecule has 1 rings (SSSR count). The summed E-state index contributed by atoms with van der Waals surface area (Å²) in [5, 5.41) is 8.01. The normalized spacial score (nSPS) is 9.71. The Morgan fingerprint density at radius 2 is 2.06 bits per heavy atom. The summed E-state index contributed by atoms with van der Waals surface area (Å²) in [6, 6.07) is 6.90. The van der Waals surface area contributed by atoms with Crippen LogP contribution < -0.4 is 5.73 Å². The zero-order chi connectivity index (χ0) is 12.8. The van der Waals surface area contributed by atoms with Gasteiger partial charge in [-0.3, -0.25) is 15.1 Å². The van der Waals surface area contributed by atoms with E-state index in [1.165, 1.54) is 11.0 Å². The van der Waals surface area contributed by atoms with E-state index in [0.717, 1.165) is 6.42 Å². The second kappa shape index (κ2) is 5.84. The quantitative estimate of drug-likeness (QED) is 0.360. The molecule has 1 aromatic rings. The molecule has 3 N–H and O–H groups in total. The number of benzene rings is 1. The van der Waals surface area contributed by atoms with E-state index in [-0.39, 0.29) is 11.7 Å². The lowest BCUT2D eigenvalue weighted by Crippen LogP contribution is -2.36. The van der Waals surface area contributed by atoms with E-state index in [0.29, 0.717) is 17.8 Å². The Morgan fingerprint density at radius 1 is 1.47 bits per heavy atom. The third kappa shape index (κ3) is 3.17. The van der Waals surface area contributed by atoms with Crippen LogP contribution in [-0.4, -0.2) is 23.2 Å². The molecule has 0 aromatic heterocycles. The Labute approximate surface area is 101 Å². The molecular formula is C13H17N3O. The minimum absolute atomic E-state index is 0.178. The topological polar surface area (TPSA) is 70.2 Å². The van der Waals surface area contributed by atoms with Crippen LogP contribution in [0.3, 0.4) is 0 Å². The molecule has 0 saturated carbocycles. The summed E-state index contributed by atoms with van der Waals surface area (Å²) in [6.45, 7) is 5.91. The van der Waals surface area contributed by atoms with Crippen LogP contribution in [0.2, 0.25) is 0 Å². The van der Waals surface area contributed by atoms with Gasteiger partial charge in [0.1, 0.15) is 5.84 Å². The summed E-state index contributed by atoms with van der Waals surface area (Å²) in [6.07, 6.45) is 2.01. The van der Waals surface area contributed by atoms with Crippen LogP contribution in [0.15, 0.2) is 36.9 Å². The highest BCUT2D eigenvalue weighted by molar-refractivity contribution is 6.09. The molecule has 0 atom stereocenters. The molecule has 0 saturated heterocycles. The number of nitrogens with one attached hydrogen (secondary N) is 1. The van der Waals surface area contributed by atoms with Gasteiger partial charge in [0.2, 0.25) is 0 Å². The molecule has 0 spiro atoms. The third-order valence-corrected chi connectivity index (χ3v) is 2.34. The largest absolute Gasteiger partial charge is 0.399 e. The molecule has 4 nitrogen and oxygen atoms in total. The minimum atomic E-state index is -0.256. The molecule has 0 fully saturated rings. The first-order valence-corrected chi connectivity index (χ1v) is 5.48. The van der Waals surface area contributed by atoms with Crippen LogP contribution in [0.4, 0.5) is 5.69 Å². The predicted octanol–water partition coefficient (Wildman–Crippen LogP) is 2.02. The number of amides is 1. The lowest BCUT2D eigenvalue weighted by Gasteiger charge is -2.21. The van der Waals surface area contributed by atoms with Gasteiger partial charge in [-0.15, -0.1) is 0 Å². The van der Waals surface area contributed by atoms with Gasteiger partial charge in [-0.05, 0) is 36.8 Å². The van der Waals surface area contributed by atoms with Crippen molar-refractivity contribution in [3.05, 3.63) is 42.5 Å². The molecule has 0 bridgehead atoms. The summed E-state index contributed by atoms with van der Waals surface area (Å²) < 4.78 is 0. The molecule has 1 aromatic carbocycles. The molecule has 17 heavy (non-hydrogen) atoms. The number of amidine groups is 1. The number of rotatable bonds is 4. The van der Waals surface area contributed by atoms with Gasteiger partial charge in [-0.2, -0.15) is 0 Å². The first-order chi connectivity index (χ1) is 8.10.